The lowest BCUT2D eigenvalue weighted by Gasteiger charge is -2.24. The van der Waals surface area contributed by atoms with E-state index in [4.69, 9.17) is 0 Å². The van der Waals surface area contributed by atoms with Gasteiger partial charge in [-0.1, -0.05) is 56.4 Å². The normalized spacial score (nSPS) is 19.4. The van der Waals surface area contributed by atoms with Crippen LogP contribution in [0.1, 0.15) is 75.8 Å². The summed E-state index contributed by atoms with van der Waals surface area (Å²) in [5.74, 6) is 2.05. The number of likely N-dealkylation sites (tertiary alicyclic amines) is 1. The highest BCUT2D eigenvalue weighted by atomic mass is 16.2. The van der Waals surface area contributed by atoms with Crippen molar-refractivity contribution in [1.29, 1.82) is 0 Å². The van der Waals surface area contributed by atoms with Crippen LogP contribution in [0.15, 0.2) is 29.3 Å². The van der Waals surface area contributed by atoms with Crippen LogP contribution in [0.4, 0.5) is 0 Å². The summed E-state index contributed by atoms with van der Waals surface area (Å²) >= 11 is 0. The summed E-state index contributed by atoms with van der Waals surface area (Å²) in [6.07, 6.45) is 11.3. The second-order valence-corrected chi connectivity index (χ2v) is 8.74. The lowest BCUT2D eigenvalue weighted by molar-refractivity contribution is -0.128. The zero-order chi connectivity index (χ0) is 20.5. The van der Waals surface area contributed by atoms with Crippen LogP contribution in [0.25, 0.3) is 0 Å². The van der Waals surface area contributed by atoms with Crippen molar-refractivity contribution in [3.8, 4) is 0 Å². The Kier molecular flexibility index (Phi) is 8.38. The van der Waals surface area contributed by atoms with Gasteiger partial charge in [-0.3, -0.25) is 9.79 Å². The molecule has 2 fully saturated rings. The van der Waals surface area contributed by atoms with E-state index in [0.29, 0.717) is 25.6 Å². The van der Waals surface area contributed by atoms with Gasteiger partial charge in [0.15, 0.2) is 5.96 Å². The molecule has 1 aliphatic heterocycles. The van der Waals surface area contributed by atoms with E-state index in [-0.39, 0.29) is 5.91 Å². The summed E-state index contributed by atoms with van der Waals surface area (Å²) in [4.78, 5) is 18.4. The number of rotatable bonds is 8. The number of guanidine groups is 1. The molecule has 1 unspecified atom stereocenters. The monoisotopic (exact) mass is 398 g/mol. The number of benzene rings is 1. The van der Waals surface area contributed by atoms with E-state index in [1.165, 1.54) is 56.1 Å². The Morgan fingerprint density at radius 1 is 1.17 bits per heavy atom. The number of carbonyl (C=O) groups is 1. The molecular weight excluding hydrogens is 360 g/mol. The Bertz CT molecular complexity index is 681. The molecule has 0 bridgehead atoms. The third kappa shape index (κ3) is 6.76. The van der Waals surface area contributed by atoms with Gasteiger partial charge in [0.2, 0.25) is 5.91 Å². The largest absolute Gasteiger partial charge is 0.354 e. The number of nitrogens with zero attached hydrogens (tertiary/aromatic N) is 2. The molecule has 1 heterocycles. The van der Waals surface area contributed by atoms with Crippen molar-refractivity contribution in [1.82, 2.24) is 15.5 Å². The van der Waals surface area contributed by atoms with Crippen molar-refractivity contribution in [2.24, 2.45) is 10.9 Å². The number of hydrogen-bond donors (Lipinski definition) is 2. The van der Waals surface area contributed by atoms with Crippen LogP contribution in [0.5, 0.6) is 0 Å². The topological polar surface area (TPSA) is 56.7 Å². The fraction of sp³-hybridized carbons (Fsp3) is 0.667. The average Bonchev–Trinajstić information content (AvgIpc) is 3.15. The molecule has 1 saturated heterocycles. The van der Waals surface area contributed by atoms with Crippen LogP contribution < -0.4 is 10.6 Å². The lowest BCUT2D eigenvalue weighted by atomic mass is 9.85. The Hall–Kier alpha value is -2.04. The standard InChI is InChI=1S/C24H38N4O/c1-19(14-15-20-9-4-3-5-10-20)27-24(25-2)26-17-21-11-6-7-12-22(21)18-28-16-8-13-23(28)29/h6-7,11-12,19-20H,3-5,8-10,13-18H2,1-2H3,(H2,25,26,27). The molecule has 2 aliphatic rings. The molecule has 1 amide bonds. The van der Waals surface area contributed by atoms with Crippen LogP contribution in [0, 0.1) is 5.92 Å². The second kappa shape index (κ2) is 11.2. The van der Waals surface area contributed by atoms with Crippen LogP contribution in [0.3, 0.4) is 0 Å². The average molecular weight is 399 g/mol. The summed E-state index contributed by atoms with van der Waals surface area (Å²) in [7, 11) is 1.83. The maximum absolute atomic E-state index is 12.0. The van der Waals surface area contributed by atoms with Gasteiger partial charge in [-0.05, 0) is 43.2 Å². The molecule has 0 radical (unpaired) electrons. The van der Waals surface area contributed by atoms with E-state index >= 15 is 0 Å². The maximum atomic E-state index is 12.0. The fourth-order valence-corrected chi connectivity index (χ4v) is 4.60. The first kappa shape index (κ1) is 21.7. The number of amides is 1. The number of aliphatic imine (C=N–C) groups is 1. The van der Waals surface area contributed by atoms with E-state index in [0.717, 1.165) is 24.8 Å². The summed E-state index contributed by atoms with van der Waals surface area (Å²) in [5, 5.41) is 7.02. The summed E-state index contributed by atoms with van der Waals surface area (Å²) < 4.78 is 0. The Morgan fingerprint density at radius 3 is 2.62 bits per heavy atom. The minimum absolute atomic E-state index is 0.275. The van der Waals surface area contributed by atoms with Crippen molar-refractivity contribution < 1.29 is 4.79 Å². The maximum Gasteiger partial charge on any atom is 0.222 e. The molecule has 1 saturated carbocycles. The van der Waals surface area contributed by atoms with Gasteiger partial charge in [0.1, 0.15) is 0 Å². The molecule has 1 atom stereocenters. The van der Waals surface area contributed by atoms with Crippen molar-refractivity contribution in [2.45, 2.75) is 83.8 Å². The lowest BCUT2D eigenvalue weighted by Crippen LogP contribution is -2.42. The molecule has 0 aromatic heterocycles. The van der Waals surface area contributed by atoms with E-state index in [1.54, 1.807) is 0 Å². The van der Waals surface area contributed by atoms with E-state index in [2.05, 4.69) is 46.8 Å². The Morgan fingerprint density at radius 2 is 1.93 bits per heavy atom. The molecule has 29 heavy (non-hydrogen) atoms. The second-order valence-electron chi connectivity index (χ2n) is 8.74. The van der Waals surface area contributed by atoms with Gasteiger partial charge in [0.05, 0.1) is 0 Å². The van der Waals surface area contributed by atoms with Crippen molar-refractivity contribution in [2.75, 3.05) is 13.6 Å². The zero-order valence-corrected chi connectivity index (χ0v) is 18.3. The Labute approximate surface area is 176 Å². The predicted octanol–water partition coefficient (Wildman–Crippen LogP) is 4.22. The number of hydrogen-bond acceptors (Lipinski definition) is 2. The first-order valence-electron chi connectivity index (χ1n) is 11.5. The van der Waals surface area contributed by atoms with Crippen molar-refractivity contribution in [3.05, 3.63) is 35.4 Å². The van der Waals surface area contributed by atoms with Gasteiger partial charge in [-0.15, -0.1) is 0 Å². The van der Waals surface area contributed by atoms with Crippen molar-refractivity contribution >= 4 is 11.9 Å². The molecule has 1 aromatic carbocycles. The minimum atomic E-state index is 0.275. The zero-order valence-electron chi connectivity index (χ0n) is 18.3. The minimum Gasteiger partial charge on any atom is -0.354 e. The molecule has 1 aromatic rings. The van der Waals surface area contributed by atoms with Crippen LogP contribution in [-0.4, -0.2) is 36.4 Å². The highest BCUT2D eigenvalue weighted by Crippen LogP contribution is 2.27. The number of nitrogens with one attached hydrogen (secondary N) is 2. The molecular formula is C24H38N4O. The van der Waals surface area contributed by atoms with Gasteiger partial charge in [0, 0.05) is 39.1 Å². The third-order valence-electron chi connectivity index (χ3n) is 6.44. The first-order chi connectivity index (χ1) is 14.2. The molecule has 1 aliphatic carbocycles. The van der Waals surface area contributed by atoms with Gasteiger partial charge in [-0.25, -0.2) is 0 Å². The SMILES string of the molecule is CN=C(NCc1ccccc1CN1CCCC1=O)NC(C)CCC1CCCCC1. The van der Waals surface area contributed by atoms with Crippen LogP contribution in [-0.2, 0) is 17.9 Å². The van der Waals surface area contributed by atoms with Gasteiger partial charge >= 0.3 is 0 Å². The molecule has 2 N–H and O–H groups in total. The molecule has 3 rings (SSSR count). The van der Waals surface area contributed by atoms with E-state index in [9.17, 15) is 4.79 Å². The molecule has 5 heteroatoms. The Balaban J connectivity index is 1.47. The van der Waals surface area contributed by atoms with E-state index < -0.39 is 0 Å². The quantitative estimate of drug-likeness (QED) is 0.509. The highest BCUT2D eigenvalue weighted by molar-refractivity contribution is 5.80. The van der Waals surface area contributed by atoms with E-state index in [1.807, 2.05) is 11.9 Å². The smallest absolute Gasteiger partial charge is 0.222 e. The summed E-state index contributed by atoms with van der Waals surface area (Å²) in [6.45, 7) is 4.55. The molecule has 160 valence electrons. The predicted molar refractivity (Wildman–Crippen MR) is 120 cm³/mol. The van der Waals surface area contributed by atoms with Gasteiger partial charge in [0.25, 0.3) is 0 Å². The summed E-state index contributed by atoms with van der Waals surface area (Å²) in [5.41, 5.74) is 2.45. The highest BCUT2D eigenvalue weighted by Gasteiger charge is 2.21. The number of carbonyl (C=O) groups excluding carboxylic acids is 1. The summed E-state index contributed by atoms with van der Waals surface area (Å²) in [6, 6.07) is 8.81. The van der Waals surface area contributed by atoms with Crippen LogP contribution >= 0.6 is 0 Å². The first-order valence-corrected chi connectivity index (χ1v) is 11.5. The van der Waals surface area contributed by atoms with Crippen LogP contribution in [0.2, 0.25) is 0 Å². The molecule has 5 nitrogen and oxygen atoms in total. The van der Waals surface area contributed by atoms with Gasteiger partial charge in [-0.2, -0.15) is 0 Å². The third-order valence-corrected chi connectivity index (χ3v) is 6.44. The van der Waals surface area contributed by atoms with Gasteiger partial charge < -0.3 is 15.5 Å². The van der Waals surface area contributed by atoms with Crippen molar-refractivity contribution in [3.63, 3.8) is 0 Å². The molecule has 0 spiro atoms. The fourth-order valence-electron chi connectivity index (χ4n) is 4.60.